The summed E-state index contributed by atoms with van der Waals surface area (Å²) in [5.74, 6) is 0. The third-order valence-corrected chi connectivity index (χ3v) is 6.02. The fraction of sp³-hybridized carbons (Fsp3) is 0.391. The molecule has 0 bridgehead atoms. The van der Waals surface area contributed by atoms with E-state index in [1.54, 1.807) is 4.90 Å². The molecule has 3 amide bonds. The van der Waals surface area contributed by atoms with Crippen LogP contribution in [0.2, 0.25) is 0 Å². The molecule has 1 unspecified atom stereocenters. The van der Waals surface area contributed by atoms with Crippen LogP contribution in [0.15, 0.2) is 48.5 Å². The molecule has 29 heavy (non-hydrogen) atoms. The predicted octanol–water partition coefficient (Wildman–Crippen LogP) is 4.72. The minimum atomic E-state index is -0.341. The monoisotopic (exact) mass is 391 g/mol. The molecule has 1 aliphatic heterocycles. The number of benzene rings is 2. The van der Waals surface area contributed by atoms with Gasteiger partial charge in [0.25, 0.3) is 0 Å². The molecule has 3 aliphatic rings. The Hall–Kier alpha value is -3.02. The van der Waals surface area contributed by atoms with Crippen molar-refractivity contribution in [3.05, 3.63) is 59.7 Å². The molecule has 1 N–H and O–H groups in total. The number of urea groups is 1. The van der Waals surface area contributed by atoms with E-state index in [9.17, 15) is 9.59 Å². The Morgan fingerprint density at radius 1 is 1.10 bits per heavy atom. The molecular weight excluding hydrogens is 366 g/mol. The van der Waals surface area contributed by atoms with Gasteiger partial charge in [-0.15, -0.1) is 0 Å². The molecule has 2 aliphatic carbocycles. The third kappa shape index (κ3) is 3.55. The summed E-state index contributed by atoms with van der Waals surface area (Å²) >= 11 is 0. The van der Waals surface area contributed by atoms with E-state index >= 15 is 0 Å². The Balaban J connectivity index is 1.38. The van der Waals surface area contributed by atoms with Gasteiger partial charge in [0, 0.05) is 17.4 Å². The minimum absolute atomic E-state index is 0.0599. The van der Waals surface area contributed by atoms with Crippen molar-refractivity contribution >= 4 is 23.5 Å². The van der Waals surface area contributed by atoms with Gasteiger partial charge in [-0.05, 0) is 61.4 Å². The lowest BCUT2D eigenvalue weighted by atomic mass is 9.87. The SMILES string of the molecule is O=C1OCCN1c1cccc(NC(=O)N(C2CC2)C2CCCc3ccccc32)c1. The number of ether oxygens (including phenoxy) is 1. The van der Waals surface area contributed by atoms with Crippen LogP contribution in [0, 0.1) is 0 Å². The normalized spacial score (nSPS) is 20.8. The van der Waals surface area contributed by atoms with Gasteiger partial charge in [0.1, 0.15) is 6.61 Å². The standard InChI is InChI=1S/C23H25N3O3/c27-22(24-17-7-4-8-19(15-17)25-13-14-29-23(25)28)26(18-11-12-18)21-10-3-6-16-5-1-2-9-20(16)21/h1-2,4-5,7-9,15,18,21H,3,6,10-14H2,(H,24,27). The first kappa shape index (κ1) is 18.0. The number of fused-ring (bicyclic) bond motifs is 1. The first-order chi connectivity index (χ1) is 14.2. The van der Waals surface area contributed by atoms with E-state index in [-0.39, 0.29) is 18.2 Å². The number of rotatable bonds is 4. The molecule has 2 aromatic rings. The predicted molar refractivity (Wildman–Crippen MR) is 111 cm³/mol. The summed E-state index contributed by atoms with van der Waals surface area (Å²) in [4.78, 5) is 28.8. The second-order valence-corrected chi connectivity index (χ2v) is 7.99. The van der Waals surface area contributed by atoms with E-state index in [2.05, 4.69) is 34.5 Å². The zero-order chi connectivity index (χ0) is 19.8. The number of anilines is 2. The van der Waals surface area contributed by atoms with Gasteiger partial charge in [0.15, 0.2) is 0 Å². The first-order valence-corrected chi connectivity index (χ1v) is 10.4. The van der Waals surface area contributed by atoms with E-state index in [1.807, 2.05) is 24.3 Å². The Kier molecular flexibility index (Phi) is 4.62. The van der Waals surface area contributed by atoms with Gasteiger partial charge in [-0.25, -0.2) is 9.59 Å². The fourth-order valence-electron chi connectivity index (χ4n) is 4.50. The van der Waals surface area contributed by atoms with E-state index in [1.165, 1.54) is 11.1 Å². The molecule has 1 heterocycles. The molecule has 6 heteroatoms. The number of cyclic esters (lactones) is 1. The number of hydrogen-bond donors (Lipinski definition) is 1. The summed E-state index contributed by atoms with van der Waals surface area (Å²) in [5.41, 5.74) is 4.08. The topological polar surface area (TPSA) is 61.9 Å². The summed E-state index contributed by atoms with van der Waals surface area (Å²) in [5, 5.41) is 3.08. The average molecular weight is 391 g/mol. The number of nitrogens with one attached hydrogen (secondary N) is 1. The van der Waals surface area contributed by atoms with E-state index < -0.39 is 0 Å². The lowest BCUT2D eigenvalue weighted by Crippen LogP contribution is -2.41. The molecule has 0 radical (unpaired) electrons. The minimum Gasteiger partial charge on any atom is -0.447 e. The molecule has 6 nitrogen and oxygen atoms in total. The van der Waals surface area contributed by atoms with Crippen LogP contribution in [0.3, 0.4) is 0 Å². The maximum absolute atomic E-state index is 13.3. The van der Waals surface area contributed by atoms with Gasteiger partial charge in [0.05, 0.1) is 12.6 Å². The highest BCUT2D eigenvalue weighted by Crippen LogP contribution is 2.41. The molecule has 2 aromatic carbocycles. The molecule has 2 fully saturated rings. The van der Waals surface area contributed by atoms with E-state index in [0.29, 0.717) is 24.9 Å². The maximum atomic E-state index is 13.3. The first-order valence-electron chi connectivity index (χ1n) is 10.4. The van der Waals surface area contributed by atoms with Gasteiger partial charge in [-0.3, -0.25) is 4.90 Å². The Morgan fingerprint density at radius 2 is 1.97 bits per heavy atom. The van der Waals surface area contributed by atoms with Crippen molar-refractivity contribution in [2.45, 2.75) is 44.2 Å². The van der Waals surface area contributed by atoms with Crippen molar-refractivity contribution in [3.8, 4) is 0 Å². The zero-order valence-electron chi connectivity index (χ0n) is 16.3. The van der Waals surface area contributed by atoms with Crippen LogP contribution in [0.25, 0.3) is 0 Å². The van der Waals surface area contributed by atoms with Crippen molar-refractivity contribution in [1.29, 1.82) is 0 Å². The van der Waals surface area contributed by atoms with Crippen molar-refractivity contribution in [3.63, 3.8) is 0 Å². The van der Waals surface area contributed by atoms with Crippen LogP contribution >= 0.6 is 0 Å². The van der Waals surface area contributed by atoms with E-state index in [4.69, 9.17) is 4.74 Å². The Bertz CT molecular complexity index is 940. The molecule has 1 saturated heterocycles. The maximum Gasteiger partial charge on any atom is 0.414 e. The largest absolute Gasteiger partial charge is 0.447 e. The van der Waals surface area contributed by atoms with Crippen molar-refractivity contribution in [2.24, 2.45) is 0 Å². The number of amides is 3. The van der Waals surface area contributed by atoms with Crippen molar-refractivity contribution in [1.82, 2.24) is 4.90 Å². The quantitative estimate of drug-likeness (QED) is 0.820. The summed E-state index contributed by atoms with van der Waals surface area (Å²) in [6.45, 7) is 0.926. The number of aryl methyl sites for hydroxylation is 1. The van der Waals surface area contributed by atoms with Gasteiger partial charge in [-0.2, -0.15) is 0 Å². The Morgan fingerprint density at radius 3 is 2.76 bits per heavy atom. The van der Waals surface area contributed by atoms with E-state index in [0.717, 1.165) is 37.8 Å². The smallest absolute Gasteiger partial charge is 0.414 e. The zero-order valence-corrected chi connectivity index (χ0v) is 16.3. The summed E-state index contributed by atoms with van der Waals surface area (Å²) < 4.78 is 5.02. The second-order valence-electron chi connectivity index (χ2n) is 7.99. The molecule has 5 rings (SSSR count). The molecular formula is C23H25N3O3. The van der Waals surface area contributed by atoms with Crippen LogP contribution in [-0.2, 0) is 11.2 Å². The summed E-state index contributed by atoms with van der Waals surface area (Å²) in [7, 11) is 0. The highest BCUT2D eigenvalue weighted by Gasteiger charge is 2.39. The second kappa shape index (κ2) is 7.43. The summed E-state index contributed by atoms with van der Waals surface area (Å²) in [6.07, 6.45) is 4.97. The van der Waals surface area contributed by atoms with Crippen LogP contribution in [0.4, 0.5) is 21.0 Å². The lowest BCUT2D eigenvalue weighted by molar-refractivity contribution is 0.175. The molecule has 1 saturated carbocycles. The third-order valence-electron chi connectivity index (χ3n) is 6.02. The number of carbonyl (C=O) groups excluding carboxylic acids is 2. The van der Waals surface area contributed by atoms with Crippen LogP contribution in [0.5, 0.6) is 0 Å². The molecule has 1 atom stereocenters. The highest BCUT2D eigenvalue weighted by atomic mass is 16.6. The molecule has 0 spiro atoms. The van der Waals surface area contributed by atoms with Gasteiger partial charge in [0.2, 0.25) is 0 Å². The summed E-state index contributed by atoms with van der Waals surface area (Å²) in [6, 6.07) is 16.3. The number of hydrogen-bond acceptors (Lipinski definition) is 3. The van der Waals surface area contributed by atoms with Gasteiger partial charge in [-0.1, -0.05) is 30.3 Å². The molecule has 0 aromatic heterocycles. The van der Waals surface area contributed by atoms with Gasteiger partial charge >= 0.3 is 12.1 Å². The number of carbonyl (C=O) groups is 2. The van der Waals surface area contributed by atoms with Crippen LogP contribution in [-0.4, -0.2) is 36.2 Å². The Labute approximate surface area is 170 Å². The van der Waals surface area contributed by atoms with Crippen LogP contribution < -0.4 is 10.2 Å². The van der Waals surface area contributed by atoms with Crippen molar-refractivity contribution in [2.75, 3.05) is 23.4 Å². The molecule has 150 valence electrons. The lowest BCUT2D eigenvalue weighted by Gasteiger charge is -2.36. The van der Waals surface area contributed by atoms with Crippen LogP contribution in [0.1, 0.15) is 42.9 Å². The van der Waals surface area contributed by atoms with Gasteiger partial charge < -0.3 is 15.0 Å². The highest BCUT2D eigenvalue weighted by molar-refractivity contribution is 5.93. The fourth-order valence-corrected chi connectivity index (χ4v) is 4.50. The average Bonchev–Trinajstić information content (AvgIpc) is 3.47. The van der Waals surface area contributed by atoms with Crippen molar-refractivity contribution < 1.29 is 14.3 Å². The number of nitrogens with zero attached hydrogens (tertiary/aromatic N) is 2.